The Hall–Kier alpha value is -5.54. The second-order valence-electron chi connectivity index (χ2n) is 15.3. The average Bonchev–Trinajstić information content (AvgIpc) is 3.84. The van der Waals surface area contributed by atoms with Crippen molar-refractivity contribution in [3.63, 3.8) is 0 Å². The Balaban J connectivity index is 1.32. The highest BCUT2D eigenvalue weighted by Crippen LogP contribution is 2.29. The van der Waals surface area contributed by atoms with E-state index < -0.39 is 89.7 Å². The van der Waals surface area contributed by atoms with Gasteiger partial charge < -0.3 is 40.7 Å². The third kappa shape index (κ3) is 9.11. The number of benzene rings is 2. The van der Waals surface area contributed by atoms with Crippen LogP contribution in [0.25, 0.3) is 0 Å². The van der Waals surface area contributed by atoms with E-state index in [1.807, 2.05) is 6.92 Å². The van der Waals surface area contributed by atoms with Gasteiger partial charge in [-0.3, -0.25) is 24.0 Å². The highest BCUT2D eigenvalue weighted by Gasteiger charge is 2.47. The van der Waals surface area contributed by atoms with E-state index in [2.05, 4.69) is 21.3 Å². The van der Waals surface area contributed by atoms with Crippen molar-refractivity contribution >= 4 is 47.2 Å². The van der Waals surface area contributed by atoms with Gasteiger partial charge >= 0.3 is 12.0 Å². The number of carbonyl (C=O) groups excluding carboxylic acids is 7. The SMILES string of the molecule is C[C@@H]1C[C@H]2C(=O)O[C@@H](C)[C@H](NC(=O)[C@H](Cc3ccccc3)NC(=O)Nc3ccc(F)cc3)C(=O)N3CCC[C@H]3C(=O)N3CCCC[C@H]3C(=O)N[C@@H](C)C(=O)N2C1. The van der Waals surface area contributed by atoms with Crippen molar-refractivity contribution in [2.24, 2.45) is 5.92 Å². The summed E-state index contributed by atoms with van der Waals surface area (Å²) >= 11 is 0. The number of nitrogens with one attached hydrogen (secondary N) is 4. The highest BCUT2D eigenvalue weighted by molar-refractivity contribution is 5.98. The Kier molecular flexibility index (Phi) is 12.5. The monoisotopic (exact) mass is 775 g/mol. The van der Waals surface area contributed by atoms with E-state index in [-0.39, 0.29) is 37.5 Å². The van der Waals surface area contributed by atoms with E-state index in [0.717, 1.165) is 0 Å². The van der Waals surface area contributed by atoms with E-state index in [1.54, 1.807) is 37.3 Å². The minimum Gasteiger partial charge on any atom is -0.458 e. The van der Waals surface area contributed by atoms with Crippen LogP contribution in [0.5, 0.6) is 0 Å². The number of carbonyl (C=O) groups is 7. The van der Waals surface area contributed by atoms with Crippen LogP contribution >= 0.6 is 0 Å². The van der Waals surface area contributed by atoms with Crippen molar-refractivity contribution in [3.8, 4) is 0 Å². The summed E-state index contributed by atoms with van der Waals surface area (Å²) < 4.78 is 19.4. The van der Waals surface area contributed by atoms with Crippen molar-refractivity contribution in [1.82, 2.24) is 30.7 Å². The maximum absolute atomic E-state index is 14.7. The molecule has 0 bridgehead atoms. The Morgan fingerprint density at radius 2 is 1.50 bits per heavy atom. The number of anilines is 1. The first kappa shape index (κ1) is 40.1. The van der Waals surface area contributed by atoms with Gasteiger partial charge in [-0.1, -0.05) is 37.3 Å². The van der Waals surface area contributed by atoms with Crippen LogP contribution in [-0.2, 0) is 39.9 Å². The highest BCUT2D eigenvalue weighted by atomic mass is 19.1. The van der Waals surface area contributed by atoms with Crippen molar-refractivity contribution in [3.05, 3.63) is 66.0 Å². The zero-order valence-corrected chi connectivity index (χ0v) is 31.9. The van der Waals surface area contributed by atoms with Crippen LogP contribution in [0, 0.1) is 11.7 Å². The zero-order chi connectivity index (χ0) is 40.1. The number of piperidine rings is 1. The molecule has 0 unspecified atom stereocenters. The van der Waals surface area contributed by atoms with Gasteiger partial charge in [0.15, 0.2) is 0 Å². The Morgan fingerprint density at radius 3 is 2.23 bits per heavy atom. The standard InChI is InChI=1S/C40H50FN7O8/c1-23-20-32-39(54)56-25(3)33(45-34(49)29(21-26-10-5-4-6-11-26)44-40(55)43-28-16-14-27(41)15-17-28)38(53)47-19-9-13-31(47)37(52)46-18-8-7-12-30(46)35(50)42-24(2)36(51)48(32)22-23/h4-6,10-11,14-17,23-25,29-33H,7-9,12-13,18-22H2,1-3H3,(H,42,50)(H,45,49)(H2,43,44,55)/t23-,24+,25+,29+,30+,31+,32+,33+/m1/s1. The number of rotatable bonds is 6. The number of hydrogen-bond acceptors (Lipinski definition) is 8. The van der Waals surface area contributed by atoms with E-state index in [1.165, 1.54) is 45.9 Å². The molecule has 56 heavy (non-hydrogen) atoms. The van der Waals surface area contributed by atoms with Crippen molar-refractivity contribution in [2.45, 2.75) is 108 Å². The molecule has 4 N–H and O–H groups in total. The lowest BCUT2D eigenvalue weighted by Crippen LogP contribution is -2.63. The maximum Gasteiger partial charge on any atom is 0.329 e. The van der Waals surface area contributed by atoms with E-state index in [0.29, 0.717) is 44.2 Å². The Bertz CT molecular complexity index is 1810. The molecule has 0 spiro atoms. The Labute approximate surface area is 325 Å². The normalized spacial score (nSPS) is 28.0. The van der Waals surface area contributed by atoms with Crippen molar-refractivity contribution in [2.75, 3.05) is 25.0 Å². The van der Waals surface area contributed by atoms with Gasteiger partial charge in [-0.05, 0) is 88.1 Å². The molecule has 2 aromatic rings. The molecular formula is C40H50FN7O8. The molecule has 4 aliphatic rings. The number of hydrogen-bond donors (Lipinski definition) is 4. The Morgan fingerprint density at radius 1 is 0.821 bits per heavy atom. The minimum absolute atomic E-state index is 0.0110. The fraction of sp³-hybridized carbons (Fsp3) is 0.525. The molecule has 0 aliphatic carbocycles. The number of ether oxygens (including phenoxy) is 1. The predicted octanol–water partition coefficient (Wildman–Crippen LogP) is 2.10. The van der Waals surface area contributed by atoms with Crippen LogP contribution in [0.3, 0.4) is 0 Å². The number of nitrogens with zero attached hydrogens (tertiary/aromatic N) is 3. The fourth-order valence-corrected chi connectivity index (χ4v) is 8.14. The van der Waals surface area contributed by atoms with Crippen LogP contribution in [0.1, 0.15) is 64.9 Å². The van der Waals surface area contributed by atoms with Gasteiger partial charge in [-0.15, -0.1) is 0 Å². The van der Waals surface area contributed by atoms with Gasteiger partial charge in [0.05, 0.1) is 0 Å². The molecule has 300 valence electrons. The van der Waals surface area contributed by atoms with Gasteiger partial charge in [-0.2, -0.15) is 0 Å². The molecular weight excluding hydrogens is 725 g/mol. The van der Waals surface area contributed by atoms with E-state index >= 15 is 0 Å². The molecule has 0 aromatic heterocycles. The summed E-state index contributed by atoms with van der Waals surface area (Å²) in [7, 11) is 0. The van der Waals surface area contributed by atoms with E-state index in [4.69, 9.17) is 4.74 Å². The third-order valence-electron chi connectivity index (χ3n) is 11.0. The molecule has 0 radical (unpaired) electrons. The topological polar surface area (TPSA) is 187 Å². The molecule has 4 fully saturated rings. The van der Waals surface area contributed by atoms with Gasteiger partial charge in [0.1, 0.15) is 48.2 Å². The number of urea groups is 1. The summed E-state index contributed by atoms with van der Waals surface area (Å²) in [6.07, 6.45) is 1.55. The second-order valence-corrected chi connectivity index (χ2v) is 15.3. The smallest absolute Gasteiger partial charge is 0.329 e. The van der Waals surface area contributed by atoms with Gasteiger partial charge in [0.25, 0.3) is 0 Å². The summed E-state index contributed by atoms with van der Waals surface area (Å²) in [6, 6.07) is 6.65. The number of cyclic esters (lactones) is 1. The quantitative estimate of drug-likeness (QED) is 0.322. The summed E-state index contributed by atoms with van der Waals surface area (Å²) in [5.74, 6) is -4.16. The van der Waals surface area contributed by atoms with Gasteiger partial charge in [0.2, 0.25) is 29.5 Å². The third-order valence-corrected chi connectivity index (χ3v) is 11.0. The second kappa shape index (κ2) is 17.5. The minimum atomic E-state index is -1.50. The lowest BCUT2D eigenvalue weighted by molar-refractivity contribution is -0.163. The summed E-state index contributed by atoms with van der Waals surface area (Å²) in [4.78, 5) is 102. The summed E-state index contributed by atoms with van der Waals surface area (Å²) in [5.41, 5.74) is 0.968. The largest absolute Gasteiger partial charge is 0.458 e. The first-order chi connectivity index (χ1) is 26.8. The lowest BCUT2D eigenvalue weighted by atomic mass is 9.99. The van der Waals surface area contributed by atoms with Crippen molar-refractivity contribution in [1.29, 1.82) is 0 Å². The van der Waals surface area contributed by atoms with Crippen LogP contribution in [-0.4, -0.2) is 118 Å². The summed E-state index contributed by atoms with van der Waals surface area (Å²) in [6.45, 7) is 5.62. The molecule has 4 aliphatic heterocycles. The van der Waals surface area contributed by atoms with Crippen LogP contribution < -0.4 is 21.3 Å². The predicted molar refractivity (Wildman–Crippen MR) is 201 cm³/mol. The van der Waals surface area contributed by atoms with Crippen LogP contribution in [0.15, 0.2) is 54.6 Å². The van der Waals surface area contributed by atoms with E-state index in [9.17, 15) is 38.0 Å². The average molecular weight is 776 g/mol. The number of fused-ring (bicyclic) bond motifs is 3. The maximum atomic E-state index is 14.7. The molecule has 7 amide bonds. The van der Waals surface area contributed by atoms with Crippen molar-refractivity contribution < 1.29 is 42.7 Å². The number of amides is 7. The fourth-order valence-electron chi connectivity index (χ4n) is 8.14. The molecule has 15 nitrogen and oxygen atoms in total. The molecule has 8 atom stereocenters. The zero-order valence-electron chi connectivity index (χ0n) is 31.9. The van der Waals surface area contributed by atoms with Gasteiger partial charge in [-0.25, -0.2) is 14.0 Å². The van der Waals surface area contributed by atoms with Crippen LogP contribution in [0.4, 0.5) is 14.9 Å². The molecule has 4 heterocycles. The first-order valence-corrected chi connectivity index (χ1v) is 19.4. The number of halogens is 1. The molecule has 4 saturated heterocycles. The summed E-state index contributed by atoms with van der Waals surface area (Å²) in [5, 5.41) is 10.8. The van der Waals surface area contributed by atoms with Crippen LogP contribution in [0.2, 0.25) is 0 Å². The van der Waals surface area contributed by atoms with Gasteiger partial charge in [0, 0.05) is 31.7 Å². The molecule has 2 aromatic carbocycles. The molecule has 16 heteroatoms. The number of esters is 1. The molecule has 0 saturated carbocycles. The molecule has 6 rings (SSSR count). The lowest BCUT2D eigenvalue weighted by Gasteiger charge is -2.39. The first-order valence-electron chi connectivity index (χ1n) is 19.4.